The Morgan fingerprint density at radius 3 is 2.32 bits per heavy atom. The molecule has 0 aliphatic rings. The zero-order chi connectivity index (χ0) is 18.4. The van der Waals surface area contributed by atoms with E-state index in [1.807, 2.05) is 25.1 Å². The van der Waals surface area contributed by atoms with Gasteiger partial charge in [-0.05, 0) is 50.1 Å². The van der Waals surface area contributed by atoms with Crippen LogP contribution in [0.1, 0.15) is 32.8 Å². The number of benzene rings is 2. The lowest BCUT2D eigenvalue weighted by Crippen LogP contribution is -2.43. The molecule has 2 rings (SSSR count). The Balaban J connectivity index is 2.34. The molecule has 25 heavy (non-hydrogen) atoms. The van der Waals surface area contributed by atoms with E-state index in [4.69, 9.17) is 9.47 Å². The van der Waals surface area contributed by atoms with Crippen molar-refractivity contribution in [3.05, 3.63) is 60.2 Å². The van der Waals surface area contributed by atoms with Crippen LogP contribution in [0, 0.1) is 0 Å². The highest BCUT2D eigenvalue weighted by atomic mass is 16.5. The summed E-state index contributed by atoms with van der Waals surface area (Å²) in [5.41, 5.74) is -1.50. The Morgan fingerprint density at radius 1 is 1.08 bits per heavy atom. The summed E-state index contributed by atoms with van der Waals surface area (Å²) < 4.78 is 11.0. The van der Waals surface area contributed by atoms with Crippen LogP contribution >= 0.6 is 0 Å². The van der Waals surface area contributed by atoms with Crippen molar-refractivity contribution in [2.45, 2.75) is 38.7 Å². The van der Waals surface area contributed by atoms with E-state index in [9.17, 15) is 14.7 Å². The van der Waals surface area contributed by atoms with Crippen LogP contribution in [0.25, 0.3) is 0 Å². The highest BCUT2D eigenvalue weighted by Gasteiger charge is 2.45. The third-order valence-electron chi connectivity index (χ3n) is 4.11. The van der Waals surface area contributed by atoms with Gasteiger partial charge in [0.25, 0.3) is 0 Å². The Morgan fingerprint density at radius 2 is 1.72 bits per heavy atom. The zero-order valence-electron chi connectivity index (χ0n) is 14.6. The predicted molar refractivity (Wildman–Crippen MR) is 93.8 cm³/mol. The zero-order valence-corrected chi connectivity index (χ0v) is 14.6. The summed E-state index contributed by atoms with van der Waals surface area (Å²) >= 11 is 0. The second-order valence-corrected chi connectivity index (χ2v) is 6.00. The summed E-state index contributed by atoms with van der Waals surface area (Å²) in [6, 6.07) is 15.6. The van der Waals surface area contributed by atoms with Crippen LogP contribution in [-0.2, 0) is 19.7 Å². The van der Waals surface area contributed by atoms with Gasteiger partial charge in [0, 0.05) is 0 Å². The monoisotopic (exact) mass is 342 g/mol. The van der Waals surface area contributed by atoms with Gasteiger partial charge in [-0.1, -0.05) is 37.3 Å². The smallest absolute Gasteiger partial charge is 0.328 e. The SMILES string of the molecule is CCC(C)OC(=O)C(C)(C(=O)O)c1cccc(Oc2ccccc2)c1. The number of hydrogen-bond acceptors (Lipinski definition) is 4. The molecule has 1 N–H and O–H groups in total. The quantitative estimate of drug-likeness (QED) is 0.604. The van der Waals surface area contributed by atoms with Crippen molar-refractivity contribution in [3.63, 3.8) is 0 Å². The maximum Gasteiger partial charge on any atom is 0.328 e. The lowest BCUT2D eigenvalue weighted by Gasteiger charge is -2.25. The highest BCUT2D eigenvalue weighted by Crippen LogP contribution is 2.31. The molecule has 0 bridgehead atoms. The van der Waals surface area contributed by atoms with E-state index >= 15 is 0 Å². The first-order valence-corrected chi connectivity index (χ1v) is 8.15. The maximum absolute atomic E-state index is 12.5. The third kappa shape index (κ3) is 4.18. The molecule has 0 saturated heterocycles. The molecule has 0 spiro atoms. The largest absolute Gasteiger partial charge is 0.480 e. The van der Waals surface area contributed by atoms with Crippen LogP contribution in [0.4, 0.5) is 0 Å². The average Bonchev–Trinajstić information content (AvgIpc) is 2.61. The normalized spacial score (nSPS) is 14.2. The van der Waals surface area contributed by atoms with Crippen LogP contribution < -0.4 is 4.74 Å². The molecule has 2 aromatic rings. The molecule has 132 valence electrons. The summed E-state index contributed by atoms with van der Waals surface area (Å²) in [7, 11) is 0. The lowest BCUT2D eigenvalue weighted by atomic mass is 9.82. The van der Waals surface area contributed by atoms with Crippen molar-refractivity contribution < 1.29 is 24.2 Å². The van der Waals surface area contributed by atoms with Crippen molar-refractivity contribution in [1.29, 1.82) is 0 Å². The highest BCUT2D eigenvalue weighted by molar-refractivity contribution is 6.05. The van der Waals surface area contributed by atoms with Crippen LogP contribution in [0.2, 0.25) is 0 Å². The van der Waals surface area contributed by atoms with Gasteiger partial charge < -0.3 is 14.6 Å². The number of rotatable bonds is 7. The van der Waals surface area contributed by atoms with E-state index in [0.29, 0.717) is 23.5 Å². The molecule has 0 radical (unpaired) electrons. The van der Waals surface area contributed by atoms with Gasteiger partial charge in [-0.2, -0.15) is 0 Å². The third-order valence-corrected chi connectivity index (χ3v) is 4.11. The van der Waals surface area contributed by atoms with Gasteiger partial charge in [0.05, 0.1) is 6.10 Å². The Labute approximate surface area is 147 Å². The molecule has 5 heteroatoms. The minimum atomic E-state index is -1.81. The molecule has 5 nitrogen and oxygen atoms in total. The van der Waals surface area contributed by atoms with Crippen molar-refractivity contribution in [1.82, 2.24) is 0 Å². The number of hydrogen-bond donors (Lipinski definition) is 1. The van der Waals surface area contributed by atoms with Crippen molar-refractivity contribution >= 4 is 11.9 Å². The van der Waals surface area contributed by atoms with E-state index in [1.165, 1.54) is 6.92 Å². The van der Waals surface area contributed by atoms with E-state index < -0.39 is 17.4 Å². The first-order valence-electron chi connectivity index (χ1n) is 8.15. The first kappa shape index (κ1) is 18.5. The molecule has 0 aromatic heterocycles. The molecule has 0 saturated carbocycles. The fourth-order valence-electron chi connectivity index (χ4n) is 2.21. The molecule has 2 aromatic carbocycles. The molecule has 2 unspecified atom stereocenters. The Kier molecular flexibility index (Phi) is 5.80. The molecule has 0 heterocycles. The van der Waals surface area contributed by atoms with Crippen molar-refractivity contribution in [2.75, 3.05) is 0 Å². The number of aliphatic carboxylic acids is 1. The summed E-state index contributed by atoms with van der Waals surface area (Å²) in [5.74, 6) is -0.977. The summed E-state index contributed by atoms with van der Waals surface area (Å²) in [6.07, 6.45) is 0.258. The van der Waals surface area contributed by atoms with Crippen LogP contribution in [0.5, 0.6) is 11.5 Å². The van der Waals surface area contributed by atoms with Gasteiger partial charge in [0.2, 0.25) is 0 Å². The van der Waals surface area contributed by atoms with Crippen LogP contribution in [0.3, 0.4) is 0 Å². The van der Waals surface area contributed by atoms with Crippen molar-refractivity contribution in [2.24, 2.45) is 0 Å². The van der Waals surface area contributed by atoms with Gasteiger partial charge in [-0.15, -0.1) is 0 Å². The number of esters is 1. The Hall–Kier alpha value is -2.82. The molecule has 0 fully saturated rings. The van der Waals surface area contributed by atoms with Crippen molar-refractivity contribution in [3.8, 4) is 11.5 Å². The minimum Gasteiger partial charge on any atom is -0.480 e. The topological polar surface area (TPSA) is 72.8 Å². The number of para-hydroxylation sites is 1. The molecule has 0 aliphatic heterocycles. The second kappa shape index (κ2) is 7.83. The number of carbonyl (C=O) groups excluding carboxylic acids is 1. The molecule has 2 atom stereocenters. The fourth-order valence-corrected chi connectivity index (χ4v) is 2.21. The number of carboxylic acid groups (broad SMARTS) is 1. The fraction of sp³-hybridized carbons (Fsp3) is 0.300. The summed E-state index contributed by atoms with van der Waals surface area (Å²) in [6.45, 7) is 4.95. The standard InChI is InChI=1S/C20H22O5/c1-4-14(2)24-19(23)20(3,18(21)22)15-9-8-12-17(13-15)25-16-10-6-5-7-11-16/h5-14H,4H2,1-3H3,(H,21,22). The number of carbonyl (C=O) groups is 2. The van der Waals surface area contributed by atoms with Gasteiger partial charge in [0.15, 0.2) is 5.41 Å². The lowest BCUT2D eigenvalue weighted by molar-refractivity contribution is -0.164. The van der Waals surface area contributed by atoms with Gasteiger partial charge in [0.1, 0.15) is 11.5 Å². The first-order chi connectivity index (χ1) is 11.9. The second-order valence-electron chi connectivity index (χ2n) is 6.00. The molecular weight excluding hydrogens is 320 g/mol. The predicted octanol–water partition coefficient (Wildman–Crippen LogP) is 4.16. The summed E-state index contributed by atoms with van der Waals surface area (Å²) in [5, 5.41) is 9.68. The molecule has 0 aliphatic carbocycles. The van der Waals surface area contributed by atoms with Gasteiger partial charge >= 0.3 is 11.9 Å². The maximum atomic E-state index is 12.5. The molecular formula is C20H22O5. The molecule has 0 amide bonds. The Bertz CT molecular complexity index is 741. The van der Waals surface area contributed by atoms with Crippen LogP contribution in [-0.4, -0.2) is 23.1 Å². The van der Waals surface area contributed by atoms with E-state index in [0.717, 1.165) is 0 Å². The number of carboxylic acids is 1. The number of ether oxygens (including phenoxy) is 2. The van der Waals surface area contributed by atoms with E-state index in [2.05, 4.69) is 0 Å². The van der Waals surface area contributed by atoms with E-state index in [-0.39, 0.29) is 6.10 Å². The summed E-state index contributed by atoms with van der Waals surface area (Å²) in [4.78, 5) is 24.4. The van der Waals surface area contributed by atoms with Gasteiger partial charge in [-0.25, -0.2) is 0 Å². The van der Waals surface area contributed by atoms with Crippen LogP contribution in [0.15, 0.2) is 54.6 Å². The van der Waals surface area contributed by atoms with Gasteiger partial charge in [-0.3, -0.25) is 9.59 Å². The minimum absolute atomic E-state index is 0.307. The van der Waals surface area contributed by atoms with E-state index in [1.54, 1.807) is 43.3 Å². The average molecular weight is 342 g/mol.